The number of alkyl halides is 1. The minimum Gasteiger partial charge on any atom is -0.220 e. The van der Waals surface area contributed by atoms with Crippen molar-refractivity contribution >= 4 is 33.2 Å². The van der Waals surface area contributed by atoms with Gasteiger partial charge >= 0.3 is 0 Å². The van der Waals surface area contributed by atoms with Crippen molar-refractivity contribution in [3.63, 3.8) is 0 Å². The Morgan fingerprint density at radius 1 is 1.58 bits per heavy atom. The molecule has 0 fully saturated rings. The molecule has 2 rings (SSSR count). The van der Waals surface area contributed by atoms with E-state index >= 15 is 0 Å². The van der Waals surface area contributed by atoms with Crippen LogP contribution in [-0.2, 0) is 5.88 Å². The third-order valence-corrected chi connectivity index (χ3v) is 2.28. The van der Waals surface area contributed by atoms with Gasteiger partial charge < -0.3 is 0 Å². The Kier molecular flexibility index (Phi) is 2.02. The van der Waals surface area contributed by atoms with Crippen LogP contribution >= 0.6 is 27.5 Å². The molecule has 0 saturated heterocycles. The highest BCUT2D eigenvalue weighted by Gasteiger charge is 2.03. The predicted molar refractivity (Wildman–Crippen MR) is 50.2 cm³/mol. The standard InChI is InChI=1S/C7H5BrClN3/c8-6-1-5(2-9)7-10-4-11-12(7)3-6/h1,3-4H,2H2. The number of hydrogen-bond acceptors (Lipinski definition) is 2. The van der Waals surface area contributed by atoms with Gasteiger partial charge in [0.2, 0.25) is 0 Å². The van der Waals surface area contributed by atoms with Crippen LogP contribution in [0.25, 0.3) is 5.65 Å². The maximum atomic E-state index is 5.73. The Morgan fingerprint density at radius 3 is 3.17 bits per heavy atom. The molecular weight excluding hydrogens is 241 g/mol. The highest BCUT2D eigenvalue weighted by molar-refractivity contribution is 9.10. The second kappa shape index (κ2) is 3.03. The molecule has 0 saturated carbocycles. The Bertz CT molecular complexity index is 412. The fourth-order valence-corrected chi connectivity index (χ4v) is 1.72. The number of halogens is 2. The topological polar surface area (TPSA) is 30.2 Å². The van der Waals surface area contributed by atoms with Crippen LogP contribution in [0.5, 0.6) is 0 Å². The maximum absolute atomic E-state index is 5.73. The van der Waals surface area contributed by atoms with Crippen LogP contribution in [0.1, 0.15) is 5.56 Å². The summed E-state index contributed by atoms with van der Waals surface area (Å²) in [7, 11) is 0. The number of nitrogens with zero attached hydrogens (tertiary/aromatic N) is 3. The molecule has 0 aliphatic carbocycles. The average molecular weight is 246 g/mol. The van der Waals surface area contributed by atoms with E-state index in [-0.39, 0.29) is 0 Å². The monoisotopic (exact) mass is 245 g/mol. The summed E-state index contributed by atoms with van der Waals surface area (Å²) < 4.78 is 2.65. The number of fused-ring (bicyclic) bond motifs is 1. The van der Waals surface area contributed by atoms with E-state index < -0.39 is 0 Å². The number of hydrogen-bond donors (Lipinski definition) is 0. The van der Waals surface area contributed by atoms with E-state index in [4.69, 9.17) is 11.6 Å². The lowest BCUT2D eigenvalue weighted by Gasteiger charge is -1.98. The Labute approximate surface area is 82.5 Å². The molecule has 2 aromatic heterocycles. The van der Waals surface area contributed by atoms with Crippen molar-refractivity contribution in [3.8, 4) is 0 Å². The van der Waals surface area contributed by atoms with Crippen molar-refractivity contribution in [2.75, 3.05) is 0 Å². The lowest BCUT2D eigenvalue weighted by molar-refractivity contribution is 0.949. The van der Waals surface area contributed by atoms with Gasteiger partial charge in [-0.05, 0) is 22.0 Å². The summed E-state index contributed by atoms with van der Waals surface area (Å²) in [6, 6.07) is 1.94. The molecule has 2 aromatic rings. The zero-order valence-electron chi connectivity index (χ0n) is 6.04. The highest BCUT2D eigenvalue weighted by atomic mass is 79.9. The van der Waals surface area contributed by atoms with Gasteiger partial charge in [-0.15, -0.1) is 11.6 Å². The molecule has 0 aliphatic rings. The predicted octanol–water partition coefficient (Wildman–Crippen LogP) is 2.23. The molecule has 2 heterocycles. The first kappa shape index (κ1) is 8.01. The SMILES string of the molecule is ClCc1cc(Br)cn2ncnc12. The lowest BCUT2D eigenvalue weighted by atomic mass is 10.3. The Balaban J connectivity index is 2.80. The first-order valence-corrected chi connectivity index (χ1v) is 4.68. The Morgan fingerprint density at radius 2 is 2.42 bits per heavy atom. The van der Waals surface area contributed by atoms with Crippen LogP contribution in [0, 0.1) is 0 Å². The molecule has 3 nitrogen and oxygen atoms in total. The van der Waals surface area contributed by atoms with Gasteiger partial charge in [0.05, 0.1) is 5.88 Å². The minimum absolute atomic E-state index is 0.446. The van der Waals surface area contributed by atoms with Crippen LogP contribution in [0.4, 0.5) is 0 Å². The van der Waals surface area contributed by atoms with E-state index in [0.717, 1.165) is 15.7 Å². The van der Waals surface area contributed by atoms with Gasteiger partial charge in [0, 0.05) is 16.2 Å². The molecule has 0 radical (unpaired) electrons. The van der Waals surface area contributed by atoms with E-state index in [1.807, 2.05) is 12.3 Å². The number of pyridine rings is 1. The van der Waals surface area contributed by atoms with E-state index in [2.05, 4.69) is 26.0 Å². The van der Waals surface area contributed by atoms with Gasteiger partial charge in [0.25, 0.3) is 0 Å². The summed E-state index contributed by atoms with van der Waals surface area (Å²) in [5, 5.41) is 4.01. The third kappa shape index (κ3) is 1.21. The molecular formula is C7H5BrClN3. The van der Waals surface area contributed by atoms with Crippen LogP contribution in [-0.4, -0.2) is 14.6 Å². The van der Waals surface area contributed by atoms with Crippen molar-refractivity contribution in [2.45, 2.75) is 5.88 Å². The van der Waals surface area contributed by atoms with E-state index in [0.29, 0.717) is 5.88 Å². The molecule has 12 heavy (non-hydrogen) atoms. The Hall–Kier alpha value is -0.610. The van der Waals surface area contributed by atoms with Crippen molar-refractivity contribution in [1.82, 2.24) is 14.6 Å². The zero-order valence-corrected chi connectivity index (χ0v) is 8.38. The largest absolute Gasteiger partial charge is 0.220 e. The molecule has 0 aromatic carbocycles. The molecule has 0 amide bonds. The van der Waals surface area contributed by atoms with Crippen LogP contribution in [0.2, 0.25) is 0 Å². The number of rotatable bonds is 1. The molecule has 62 valence electrons. The summed E-state index contributed by atoms with van der Waals surface area (Å²) in [6.45, 7) is 0. The van der Waals surface area contributed by atoms with Crippen molar-refractivity contribution in [2.24, 2.45) is 0 Å². The summed E-state index contributed by atoms with van der Waals surface area (Å²) in [5.41, 5.74) is 1.79. The van der Waals surface area contributed by atoms with Crippen LogP contribution in [0.3, 0.4) is 0 Å². The summed E-state index contributed by atoms with van der Waals surface area (Å²) in [5.74, 6) is 0.446. The first-order valence-electron chi connectivity index (χ1n) is 3.35. The van der Waals surface area contributed by atoms with Gasteiger partial charge in [0.15, 0.2) is 5.65 Å². The molecule has 0 atom stereocenters. The highest BCUT2D eigenvalue weighted by Crippen LogP contribution is 2.16. The van der Waals surface area contributed by atoms with Crippen LogP contribution in [0.15, 0.2) is 23.1 Å². The van der Waals surface area contributed by atoms with Crippen LogP contribution < -0.4 is 0 Å². The molecule has 0 aliphatic heterocycles. The summed E-state index contributed by atoms with van der Waals surface area (Å²) >= 11 is 9.09. The molecule has 5 heteroatoms. The zero-order chi connectivity index (χ0) is 8.55. The summed E-state index contributed by atoms with van der Waals surface area (Å²) in [4.78, 5) is 4.08. The molecule has 0 N–H and O–H groups in total. The minimum atomic E-state index is 0.446. The van der Waals surface area contributed by atoms with Crippen molar-refractivity contribution in [1.29, 1.82) is 0 Å². The molecule has 0 unspecified atom stereocenters. The fourth-order valence-electron chi connectivity index (χ4n) is 1.06. The fraction of sp³-hybridized carbons (Fsp3) is 0.143. The van der Waals surface area contributed by atoms with Gasteiger partial charge in [0.1, 0.15) is 6.33 Å². The number of aromatic nitrogens is 3. The van der Waals surface area contributed by atoms with E-state index in [1.165, 1.54) is 6.33 Å². The second-order valence-electron chi connectivity index (χ2n) is 2.35. The van der Waals surface area contributed by atoms with Crippen molar-refractivity contribution < 1.29 is 0 Å². The van der Waals surface area contributed by atoms with Gasteiger partial charge in [-0.2, -0.15) is 5.10 Å². The lowest BCUT2D eigenvalue weighted by Crippen LogP contribution is -1.91. The van der Waals surface area contributed by atoms with E-state index in [9.17, 15) is 0 Å². The average Bonchev–Trinajstić information content (AvgIpc) is 2.50. The van der Waals surface area contributed by atoms with E-state index in [1.54, 1.807) is 4.52 Å². The quantitative estimate of drug-likeness (QED) is 0.722. The molecule has 0 spiro atoms. The van der Waals surface area contributed by atoms with Gasteiger partial charge in [-0.1, -0.05) is 0 Å². The smallest absolute Gasteiger partial charge is 0.159 e. The first-order chi connectivity index (χ1) is 5.81. The van der Waals surface area contributed by atoms with Crippen molar-refractivity contribution in [3.05, 3.63) is 28.6 Å². The third-order valence-electron chi connectivity index (χ3n) is 1.56. The van der Waals surface area contributed by atoms with Gasteiger partial charge in [-0.25, -0.2) is 9.50 Å². The maximum Gasteiger partial charge on any atom is 0.159 e. The second-order valence-corrected chi connectivity index (χ2v) is 3.53. The molecule has 0 bridgehead atoms. The normalized spacial score (nSPS) is 10.8. The summed E-state index contributed by atoms with van der Waals surface area (Å²) in [6.07, 6.45) is 3.36. The van der Waals surface area contributed by atoms with Gasteiger partial charge in [-0.3, -0.25) is 0 Å².